The van der Waals surface area contributed by atoms with Crippen LogP contribution in [0.25, 0.3) is 0 Å². The molecule has 2 N–H and O–H groups in total. The number of aliphatic carboxylic acids is 1. The third-order valence-corrected chi connectivity index (χ3v) is 2.36. The van der Waals surface area contributed by atoms with Crippen molar-refractivity contribution >= 4 is 23.5 Å². The zero-order valence-electron chi connectivity index (χ0n) is 10.1. The molecule has 0 aliphatic carbocycles. The fourth-order valence-electron chi connectivity index (χ4n) is 1.35. The molecule has 1 atom stereocenters. The number of carboxylic acids is 1. The number of rotatable bonds is 5. The van der Waals surface area contributed by atoms with Crippen LogP contribution in [0.5, 0.6) is 0 Å². The normalized spacial score (nSPS) is 12.2. The third-order valence-electron chi connectivity index (χ3n) is 2.16. The van der Waals surface area contributed by atoms with Crippen molar-refractivity contribution in [2.24, 2.45) is 5.92 Å². The van der Waals surface area contributed by atoms with E-state index in [0.29, 0.717) is 6.42 Å². The third kappa shape index (κ3) is 4.29. The molecule has 1 unspecified atom stereocenters. The van der Waals surface area contributed by atoms with Crippen LogP contribution >= 0.6 is 11.6 Å². The van der Waals surface area contributed by atoms with Crippen LogP contribution in [0.15, 0.2) is 12.4 Å². The van der Waals surface area contributed by atoms with Gasteiger partial charge in [-0.25, -0.2) is 14.8 Å². The quantitative estimate of drug-likeness (QED) is 0.843. The van der Waals surface area contributed by atoms with Crippen LogP contribution in [-0.4, -0.2) is 33.0 Å². The first-order valence-corrected chi connectivity index (χ1v) is 5.79. The second-order valence-electron chi connectivity index (χ2n) is 4.22. The smallest absolute Gasteiger partial charge is 0.326 e. The molecule has 0 bridgehead atoms. The molecular formula is C11H14ClN3O3. The predicted octanol–water partition coefficient (Wildman–Crippen LogP) is 1.36. The van der Waals surface area contributed by atoms with E-state index in [4.69, 9.17) is 16.7 Å². The Morgan fingerprint density at radius 3 is 2.50 bits per heavy atom. The highest BCUT2D eigenvalue weighted by Crippen LogP contribution is 2.06. The highest BCUT2D eigenvalue weighted by atomic mass is 35.5. The maximum absolute atomic E-state index is 11.7. The van der Waals surface area contributed by atoms with Gasteiger partial charge in [-0.15, -0.1) is 0 Å². The molecule has 1 aromatic rings. The summed E-state index contributed by atoms with van der Waals surface area (Å²) < 4.78 is 0. The van der Waals surface area contributed by atoms with Crippen LogP contribution < -0.4 is 5.32 Å². The second-order valence-corrected chi connectivity index (χ2v) is 4.61. The van der Waals surface area contributed by atoms with E-state index in [2.05, 4.69) is 15.3 Å². The van der Waals surface area contributed by atoms with Gasteiger partial charge in [0.25, 0.3) is 5.91 Å². The summed E-state index contributed by atoms with van der Waals surface area (Å²) in [4.78, 5) is 30.2. The monoisotopic (exact) mass is 271 g/mol. The standard InChI is InChI=1S/C11H14ClN3O3/c1-6(2)3-7(11(17)18)15-10(16)8-4-14-9(12)5-13-8/h4-7H,3H2,1-2H3,(H,15,16)(H,17,18). The minimum absolute atomic E-state index is 0.0365. The minimum atomic E-state index is -1.07. The Hall–Kier alpha value is -1.69. The molecule has 0 radical (unpaired) electrons. The van der Waals surface area contributed by atoms with E-state index in [1.165, 1.54) is 12.4 Å². The Morgan fingerprint density at radius 1 is 1.39 bits per heavy atom. The number of aromatic nitrogens is 2. The number of amides is 1. The summed E-state index contributed by atoms with van der Waals surface area (Å²) in [6, 6.07) is -0.935. The number of hydrogen-bond acceptors (Lipinski definition) is 4. The second kappa shape index (κ2) is 6.30. The van der Waals surface area contributed by atoms with Crippen LogP contribution in [-0.2, 0) is 4.79 Å². The summed E-state index contributed by atoms with van der Waals surface area (Å²) >= 11 is 5.54. The average molecular weight is 272 g/mol. The number of carbonyl (C=O) groups excluding carboxylic acids is 1. The van der Waals surface area contributed by atoms with Crippen LogP contribution in [0.1, 0.15) is 30.8 Å². The first-order valence-electron chi connectivity index (χ1n) is 5.41. The van der Waals surface area contributed by atoms with Crippen LogP contribution in [0.3, 0.4) is 0 Å². The summed E-state index contributed by atoms with van der Waals surface area (Å²) in [5.41, 5.74) is 0.0365. The van der Waals surface area contributed by atoms with Gasteiger partial charge in [0.2, 0.25) is 0 Å². The summed E-state index contributed by atoms with van der Waals surface area (Å²) in [5, 5.41) is 11.6. The molecule has 0 saturated carbocycles. The van der Waals surface area contributed by atoms with Gasteiger partial charge in [-0.3, -0.25) is 4.79 Å². The zero-order chi connectivity index (χ0) is 13.7. The van der Waals surface area contributed by atoms with E-state index < -0.39 is 17.9 Å². The fraction of sp³-hybridized carbons (Fsp3) is 0.455. The average Bonchev–Trinajstić information content (AvgIpc) is 2.28. The summed E-state index contributed by atoms with van der Waals surface area (Å²) in [6.45, 7) is 3.76. The first kappa shape index (κ1) is 14.4. The Kier molecular flexibility index (Phi) is 5.03. The van der Waals surface area contributed by atoms with Crippen molar-refractivity contribution in [3.63, 3.8) is 0 Å². The lowest BCUT2D eigenvalue weighted by molar-refractivity contribution is -0.139. The molecule has 18 heavy (non-hydrogen) atoms. The molecule has 0 fully saturated rings. The molecule has 1 aromatic heterocycles. The Bertz CT molecular complexity index is 434. The zero-order valence-corrected chi connectivity index (χ0v) is 10.8. The van der Waals surface area contributed by atoms with Crippen molar-refractivity contribution in [2.45, 2.75) is 26.3 Å². The van der Waals surface area contributed by atoms with Crippen LogP contribution in [0.4, 0.5) is 0 Å². The number of halogens is 1. The van der Waals surface area contributed by atoms with E-state index in [1.54, 1.807) is 0 Å². The predicted molar refractivity (Wildman–Crippen MR) is 65.4 cm³/mol. The Labute approximate surface area is 109 Å². The summed E-state index contributed by atoms with van der Waals surface area (Å²) in [7, 11) is 0. The maximum Gasteiger partial charge on any atom is 0.326 e. The molecule has 1 heterocycles. The van der Waals surface area contributed by atoms with E-state index in [9.17, 15) is 9.59 Å². The van der Waals surface area contributed by atoms with Crippen LogP contribution in [0, 0.1) is 5.92 Å². The lowest BCUT2D eigenvalue weighted by Gasteiger charge is -2.15. The van der Waals surface area contributed by atoms with E-state index in [0.717, 1.165) is 0 Å². The SMILES string of the molecule is CC(C)CC(NC(=O)c1cnc(Cl)cn1)C(=O)O. The lowest BCUT2D eigenvalue weighted by Crippen LogP contribution is -2.41. The maximum atomic E-state index is 11.7. The largest absolute Gasteiger partial charge is 0.480 e. The Morgan fingerprint density at radius 2 is 2.06 bits per heavy atom. The molecule has 6 nitrogen and oxygen atoms in total. The number of carbonyl (C=O) groups is 2. The molecule has 7 heteroatoms. The van der Waals surface area contributed by atoms with Gasteiger partial charge in [-0.05, 0) is 12.3 Å². The molecule has 1 amide bonds. The summed E-state index contributed by atoms with van der Waals surface area (Å²) in [5.74, 6) is -1.49. The number of nitrogens with zero attached hydrogens (tertiary/aromatic N) is 2. The highest BCUT2D eigenvalue weighted by molar-refractivity contribution is 6.29. The summed E-state index contributed by atoms with van der Waals surface area (Å²) in [6.07, 6.45) is 2.78. The number of nitrogens with one attached hydrogen (secondary N) is 1. The molecule has 0 aliphatic rings. The van der Waals surface area contributed by atoms with Crippen molar-refractivity contribution in [1.82, 2.24) is 15.3 Å². The van der Waals surface area contributed by atoms with Crippen molar-refractivity contribution in [3.8, 4) is 0 Å². The first-order chi connectivity index (χ1) is 8.40. The van der Waals surface area contributed by atoms with E-state index in [1.807, 2.05) is 13.8 Å². The highest BCUT2D eigenvalue weighted by Gasteiger charge is 2.22. The van der Waals surface area contributed by atoms with Gasteiger partial charge in [-0.1, -0.05) is 25.4 Å². The van der Waals surface area contributed by atoms with Gasteiger partial charge in [0, 0.05) is 0 Å². The van der Waals surface area contributed by atoms with Crippen molar-refractivity contribution in [2.75, 3.05) is 0 Å². The van der Waals surface area contributed by atoms with Crippen molar-refractivity contribution in [1.29, 1.82) is 0 Å². The Balaban J connectivity index is 2.72. The van der Waals surface area contributed by atoms with Gasteiger partial charge in [0.05, 0.1) is 12.4 Å². The van der Waals surface area contributed by atoms with Crippen molar-refractivity contribution < 1.29 is 14.7 Å². The van der Waals surface area contributed by atoms with Crippen molar-refractivity contribution in [3.05, 3.63) is 23.2 Å². The molecule has 0 aromatic carbocycles. The molecule has 1 rings (SSSR count). The number of carboxylic acid groups (broad SMARTS) is 1. The topological polar surface area (TPSA) is 92.2 Å². The van der Waals surface area contributed by atoms with Crippen LogP contribution in [0.2, 0.25) is 5.15 Å². The molecular weight excluding hydrogens is 258 g/mol. The van der Waals surface area contributed by atoms with Gasteiger partial charge < -0.3 is 10.4 Å². The molecule has 0 aliphatic heterocycles. The van der Waals surface area contributed by atoms with Gasteiger partial charge in [0.1, 0.15) is 16.9 Å². The molecule has 0 spiro atoms. The van der Waals surface area contributed by atoms with Gasteiger partial charge in [0.15, 0.2) is 0 Å². The van der Waals surface area contributed by atoms with Gasteiger partial charge in [-0.2, -0.15) is 0 Å². The van der Waals surface area contributed by atoms with E-state index in [-0.39, 0.29) is 16.8 Å². The van der Waals surface area contributed by atoms with Gasteiger partial charge >= 0.3 is 5.97 Å². The minimum Gasteiger partial charge on any atom is -0.480 e. The lowest BCUT2D eigenvalue weighted by atomic mass is 10.0. The molecule has 98 valence electrons. The molecule has 0 saturated heterocycles. The number of hydrogen-bond donors (Lipinski definition) is 2. The fourth-order valence-corrected chi connectivity index (χ4v) is 1.45. The van der Waals surface area contributed by atoms with E-state index >= 15 is 0 Å².